The van der Waals surface area contributed by atoms with E-state index in [1.165, 1.54) is 25.3 Å². The molecule has 3 aromatic rings. The van der Waals surface area contributed by atoms with Crippen LogP contribution in [0.3, 0.4) is 0 Å². The number of nitro groups is 1. The lowest BCUT2D eigenvalue weighted by atomic mass is 10.1. The number of benzene rings is 2. The van der Waals surface area contributed by atoms with Gasteiger partial charge < -0.3 is 9.30 Å². The van der Waals surface area contributed by atoms with Crippen molar-refractivity contribution in [2.24, 2.45) is 0 Å². The van der Waals surface area contributed by atoms with Gasteiger partial charge in [-0.1, -0.05) is 28.1 Å². The van der Waals surface area contributed by atoms with Crippen LogP contribution in [0.1, 0.15) is 16.1 Å². The van der Waals surface area contributed by atoms with Crippen molar-refractivity contribution in [3.63, 3.8) is 0 Å². The summed E-state index contributed by atoms with van der Waals surface area (Å²) < 4.78 is 20.3. The zero-order valence-corrected chi connectivity index (χ0v) is 15.8. The van der Waals surface area contributed by atoms with Crippen molar-refractivity contribution in [2.75, 3.05) is 7.11 Å². The van der Waals surface area contributed by atoms with E-state index >= 15 is 0 Å². The Bertz CT molecular complexity index is 1020. The lowest BCUT2D eigenvalue weighted by Gasteiger charge is -2.09. The maximum atomic E-state index is 13.2. The van der Waals surface area contributed by atoms with Crippen molar-refractivity contribution in [3.8, 4) is 11.1 Å². The fraction of sp³-hybridized carbons (Fsp3) is 0.105. The number of nitrogens with zero attached hydrogens (tertiary/aromatic N) is 2. The summed E-state index contributed by atoms with van der Waals surface area (Å²) in [5.74, 6) is -0.933. The first-order chi connectivity index (χ1) is 12.9. The number of hydrogen-bond donors (Lipinski definition) is 0. The Morgan fingerprint density at radius 1 is 1.19 bits per heavy atom. The molecule has 0 radical (unpaired) electrons. The smallest absolute Gasteiger partial charge is 0.354 e. The summed E-state index contributed by atoms with van der Waals surface area (Å²) in [7, 11) is 1.26. The van der Waals surface area contributed by atoms with Gasteiger partial charge in [0.2, 0.25) is 0 Å². The largest absolute Gasteiger partial charge is 0.464 e. The minimum atomic E-state index is -0.569. The van der Waals surface area contributed by atoms with Gasteiger partial charge in [-0.15, -0.1) is 0 Å². The number of carbonyl (C=O) groups is 1. The highest BCUT2D eigenvalue weighted by Gasteiger charge is 2.19. The molecule has 3 rings (SSSR count). The van der Waals surface area contributed by atoms with E-state index in [9.17, 15) is 19.3 Å². The SMILES string of the molecule is COC(=O)c1cc(-c2ccc(F)cc2)cn1Cc1cc(Br)ccc1[N+](=O)[O-]. The van der Waals surface area contributed by atoms with Gasteiger partial charge in [-0.25, -0.2) is 9.18 Å². The Kier molecular flexibility index (Phi) is 5.36. The Balaban J connectivity index is 2.07. The van der Waals surface area contributed by atoms with Crippen LogP contribution in [0.15, 0.2) is 59.2 Å². The van der Waals surface area contributed by atoms with Crippen LogP contribution in [0.5, 0.6) is 0 Å². The van der Waals surface area contributed by atoms with Crippen LogP contribution in [0.4, 0.5) is 10.1 Å². The van der Waals surface area contributed by atoms with Gasteiger partial charge in [-0.2, -0.15) is 0 Å². The first-order valence-corrected chi connectivity index (χ1v) is 8.65. The van der Waals surface area contributed by atoms with Crippen molar-refractivity contribution >= 4 is 27.6 Å². The second kappa shape index (κ2) is 7.71. The molecule has 1 heterocycles. The Morgan fingerprint density at radius 2 is 1.89 bits per heavy atom. The van der Waals surface area contributed by atoms with Crippen molar-refractivity contribution < 1.29 is 18.8 Å². The molecule has 0 aliphatic carbocycles. The van der Waals surface area contributed by atoms with E-state index in [1.54, 1.807) is 41.1 Å². The van der Waals surface area contributed by atoms with E-state index in [-0.39, 0.29) is 23.7 Å². The zero-order valence-electron chi connectivity index (χ0n) is 14.2. The van der Waals surface area contributed by atoms with Gasteiger partial charge in [0.05, 0.1) is 24.1 Å². The molecule has 0 saturated heterocycles. The molecule has 27 heavy (non-hydrogen) atoms. The molecule has 0 unspecified atom stereocenters. The fourth-order valence-corrected chi connectivity index (χ4v) is 3.17. The summed E-state index contributed by atoms with van der Waals surface area (Å²) in [6.45, 7) is 0.0986. The third-order valence-electron chi connectivity index (χ3n) is 4.05. The highest BCUT2D eigenvalue weighted by Crippen LogP contribution is 2.27. The van der Waals surface area contributed by atoms with Gasteiger partial charge in [0.15, 0.2) is 0 Å². The maximum Gasteiger partial charge on any atom is 0.354 e. The molecule has 0 amide bonds. The molecule has 6 nitrogen and oxygen atoms in total. The summed E-state index contributed by atoms with van der Waals surface area (Å²) in [4.78, 5) is 23.0. The lowest BCUT2D eigenvalue weighted by Crippen LogP contribution is -2.11. The fourth-order valence-electron chi connectivity index (χ4n) is 2.76. The van der Waals surface area contributed by atoms with Gasteiger partial charge in [-0.05, 0) is 35.9 Å². The summed E-state index contributed by atoms with van der Waals surface area (Å²) in [6, 6.07) is 12.1. The predicted octanol–water partition coefficient (Wildman–Crippen LogP) is 4.80. The molecule has 0 bridgehead atoms. The molecular weight excluding hydrogens is 419 g/mol. The first kappa shape index (κ1) is 18.8. The second-order valence-corrected chi connectivity index (χ2v) is 6.69. The van der Waals surface area contributed by atoms with E-state index in [0.717, 1.165) is 0 Å². The van der Waals surface area contributed by atoms with Gasteiger partial charge >= 0.3 is 5.97 Å². The number of aromatic nitrogens is 1. The summed E-state index contributed by atoms with van der Waals surface area (Å²) in [5.41, 5.74) is 2.01. The minimum Gasteiger partial charge on any atom is -0.464 e. The van der Waals surface area contributed by atoms with E-state index in [1.807, 2.05) is 0 Å². The minimum absolute atomic E-state index is 0.0500. The molecule has 0 saturated carbocycles. The summed E-state index contributed by atoms with van der Waals surface area (Å²) in [6.07, 6.45) is 1.68. The van der Waals surface area contributed by atoms with E-state index in [0.29, 0.717) is 21.2 Å². The third kappa shape index (κ3) is 4.06. The molecular formula is C19H14BrFN2O4. The normalized spacial score (nSPS) is 10.6. The molecule has 2 aromatic carbocycles. The quantitative estimate of drug-likeness (QED) is 0.329. The van der Waals surface area contributed by atoms with E-state index < -0.39 is 10.9 Å². The number of rotatable bonds is 5. The van der Waals surface area contributed by atoms with Crippen LogP contribution in [-0.4, -0.2) is 22.6 Å². The molecule has 0 atom stereocenters. The van der Waals surface area contributed by atoms with E-state index in [4.69, 9.17) is 4.74 Å². The van der Waals surface area contributed by atoms with Gasteiger partial charge in [0, 0.05) is 22.3 Å². The number of hydrogen-bond acceptors (Lipinski definition) is 4. The van der Waals surface area contributed by atoms with Crippen molar-refractivity contribution in [1.29, 1.82) is 0 Å². The predicted molar refractivity (Wildman–Crippen MR) is 101 cm³/mol. The maximum absolute atomic E-state index is 13.2. The number of halogens is 2. The average Bonchev–Trinajstić information content (AvgIpc) is 3.05. The van der Waals surface area contributed by atoms with Gasteiger partial charge in [-0.3, -0.25) is 10.1 Å². The number of carbonyl (C=O) groups excluding carboxylic acids is 1. The first-order valence-electron chi connectivity index (χ1n) is 7.86. The number of ether oxygens (including phenoxy) is 1. The van der Waals surface area contributed by atoms with Crippen LogP contribution in [0, 0.1) is 15.9 Å². The highest BCUT2D eigenvalue weighted by atomic mass is 79.9. The van der Waals surface area contributed by atoms with Crippen LogP contribution in [0.2, 0.25) is 0 Å². The topological polar surface area (TPSA) is 74.4 Å². The molecule has 0 N–H and O–H groups in total. The molecule has 0 aliphatic heterocycles. The molecule has 8 heteroatoms. The molecule has 1 aromatic heterocycles. The zero-order chi connectivity index (χ0) is 19.6. The molecule has 0 fully saturated rings. The molecule has 0 spiro atoms. The average molecular weight is 433 g/mol. The van der Waals surface area contributed by atoms with Crippen LogP contribution in [-0.2, 0) is 11.3 Å². The van der Waals surface area contributed by atoms with Crippen molar-refractivity contribution in [1.82, 2.24) is 4.57 Å². The molecule has 0 aliphatic rings. The molecule has 138 valence electrons. The van der Waals surface area contributed by atoms with Gasteiger partial charge in [0.1, 0.15) is 11.5 Å². The lowest BCUT2D eigenvalue weighted by molar-refractivity contribution is -0.385. The number of esters is 1. The monoisotopic (exact) mass is 432 g/mol. The highest BCUT2D eigenvalue weighted by molar-refractivity contribution is 9.10. The van der Waals surface area contributed by atoms with Crippen LogP contribution in [0.25, 0.3) is 11.1 Å². The van der Waals surface area contributed by atoms with E-state index in [2.05, 4.69) is 15.9 Å². The van der Waals surface area contributed by atoms with Crippen LogP contribution >= 0.6 is 15.9 Å². The van der Waals surface area contributed by atoms with Gasteiger partial charge in [0.25, 0.3) is 5.69 Å². The van der Waals surface area contributed by atoms with Crippen molar-refractivity contribution in [3.05, 3.63) is 86.4 Å². The van der Waals surface area contributed by atoms with Crippen molar-refractivity contribution in [2.45, 2.75) is 6.54 Å². The number of methoxy groups -OCH3 is 1. The summed E-state index contributed by atoms with van der Waals surface area (Å²) >= 11 is 3.31. The second-order valence-electron chi connectivity index (χ2n) is 5.77. The van der Waals surface area contributed by atoms with Crippen LogP contribution < -0.4 is 0 Å². The third-order valence-corrected chi connectivity index (χ3v) is 4.54. The number of nitro benzene ring substituents is 1. The Morgan fingerprint density at radius 3 is 2.52 bits per heavy atom. The Labute approximate surface area is 162 Å². The standard InChI is InChI=1S/C19H14BrFN2O4/c1-27-19(24)18-9-13(12-2-5-16(21)6-3-12)10-22(18)11-14-8-15(20)4-7-17(14)23(25)26/h2-10H,11H2,1H3. The summed E-state index contributed by atoms with van der Waals surface area (Å²) in [5, 5.41) is 11.3. The Hall–Kier alpha value is -3.00.